The minimum absolute atomic E-state index is 0.00391. The lowest BCUT2D eigenvalue weighted by Gasteiger charge is -2.07. The molecule has 0 aromatic heterocycles. The van der Waals surface area contributed by atoms with Crippen LogP contribution in [0.15, 0.2) is 18.2 Å². The zero-order valence-corrected chi connectivity index (χ0v) is 12.3. The van der Waals surface area contributed by atoms with Crippen LogP contribution in [0.3, 0.4) is 0 Å². The summed E-state index contributed by atoms with van der Waals surface area (Å²) in [6.45, 7) is 1.08. The van der Waals surface area contributed by atoms with E-state index in [4.69, 9.17) is 5.11 Å². The van der Waals surface area contributed by atoms with Crippen LogP contribution in [-0.4, -0.2) is 44.1 Å². The first-order chi connectivity index (χ1) is 9.89. The van der Waals surface area contributed by atoms with Crippen molar-refractivity contribution in [1.82, 2.24) is 5.32 Å². The number of sulfone groups is 1. The summed E-state index contributed by atoms with van der Waals surface area (Å²) < 4.78 is 35.9. The second-order valence-electron chi connectivity index (χ2n) is 4.14. The lowest BCUT2D eigenvalue weighted by molar-refractivity contribution is 0.0955. The molecule has 0 saturated heterocycles. The number of hydrogen-bond acceptors (Lipinski definition) is 4. The Bertz CT molecular complexity index is 674. The summed E-state index contributed by atoms with van der Waals surface area (Å²) in [6.07, 6.45) is 0. The van der Waals surface area contributed by atoms with Crippen molar-refractivity contribution in [3.63, 3.8) is 0 Å². The molecule has 1 aromatic carbocycles. The fourth-order valence-electron chi connectivity index (χ4n) is 1.51. The topological polar surface area (TPSA) is 83.5 Å². The van der Waals surface area contributed by atoms with Gasteiger partial charge in [-0.3, -0.25) is 4.79 Å². The molecule has 0 heterocycles. The van der Waals surface area contributed by atoms with E-state index < -0.39 is 21.6 Å². The van der Waals surface area contributed by atoms with Gasteiger partial charge in [-0.1, -0.05) is 18.8 Å². The van der Waals surface area contributed by atoms with Crippen molar-refractivity contribution in [3.8, 4) is 11.8 Å². The molecule has 114 valence electrons. The number of aliphatic hydroxyl groups is 1. The summed E-state index contributed by atoms with van der Waals surface area (Å²) >= 11 is 0. The standard InChI is InChI=1S/C14H16FNO4S/c1-2-21(19,20)9-7-16-14(18)13-10-12(15)6-5-11(13)4-3-8-17/h5-6,10,17H,2,7-9H2,1H3,(H,16,18). The maximum atomic E-state index is 13.2. The number of benzene rings is 1. The first-order valence-corrected chi connectivity index (χ1v) is 8.09. The molecule has 0 saturated carbocycles. The van der Waals surface area contributed by atoms with Gasteiger partial charge in [-0.2, -0.15) is 0 Å². The molecule has 1 aromatic rings. The number of halogens is 1. The second-order valence-corrected chi connectivity index (χ2v) is 6.61. The molecular formula is C14H16FNO4S. The molecular weight excluding hydrogens is 297 g/mol. The first-order valence-electron chi connectivity index (χ1n) is 6.27. The van der Waals surface area contributed by atoms with E-state index in [0.29, 0.717) is 0 Å². The monoisotopic (exact) mass is 313 g/mol. The second kappa shape index (κ2) is 7.76. The van der Waals surface area contributed by atoms with Gasteiger partial charge < -0.3 is 10.4 Å². The first kappa shape index (κ1) is 17.1. The van der Waals surface area contributed by atoms with E-state index in [1.165, 1.54) is 13.0 Å². The minimum atomic E-state index is -3.18. The maximum Gasteiger partial charge on any atom is 0.252 e. The number of carbonyl (C=O) groups is 1. The van der Waals surface area contributed by atoms with E-state index in [9.17, 15) is 17.6 Å². The van der Waals surface area contributed by atoms with E-state index >= 15 is 0 Å². The average molecular weight is 313 g/mol. The van der Waals surface area contributed by atoms with Gasteiger partial charge in [-0.05, 0) is 18.2 Å². The van der Waals surface area contributed by atoms with Gasteiger partial charge >= 0.3 is 0 Å². The molecule has 0 aliphatic carbocycles. The van der Waals surface area contributed by atoms with Gasteiger partial charge in [0.1, 0.15) is 12.4 Å². The van der Waals surface area contributed by atoms with Gasteiger partial charge in [0.2, 0.25) is 0 Å². The molecule has 0 atom stereocenters. The largest absolute Gasteiger partial charge is 0.384 e. The summed E-state index contributed by atoms with van der Waals surface area (Å²) in [5.74, 6) is 3.53. The molecule has 0 radical (unpaired) electrons. The fraction of sp³-hybridized carbons (Fsp3) is 0.357. The highest BCUT2D eigenvalue weighted by Crippen LogP contribution is 2.10. The molecule has 0 spiro atoms. The smallest absolute Gasteiger partial charge is 0.252 e. The summed E-state index contributed by atoms with van der Waals surface area (Å²) in [5, 5.41) is 11.1. The summed E-state index contributed by atoms with van der Waals surface area (Å²) in [6, 6.07) is 3.50. The van der Waals surface area contributed by atoms with Crippen LogP contribution in [0, 0.1) is 17.7 Å². The molecule has 0 aliphatic heterocycles. The van der Waals surface area contributed by atoms with Crippen LogP contribution in [0.1, 0.15) is 22.8 Å². The molecule has 0 unspecified atom stereocenters. The Labute approximate surface area is 123 Å². The van der Waals surface area contributed by atoms with Crippen molar-refractivity contribution >= 4 is 15.7 Å². The van der Waals surface area contributed by atoms with E-state index in [-0.39, 0.29) is 35.8 Å². The summed E-state index contributed by atoms with van der Waals surface area (Å²) in [4.78, 5) is 12.0. The Morgan fingerprint density at radius 3 is 2.76 bits per heavy atom. The van der Waals surface area contributed by atoms with E-state index in [0.717, 1.165) is 12.1 Å². The Hall–Kier alpha value is -1.91. The molecule has 1 amide bonds. The number of rotatable bonds is 5. The molecule has 1 rings (SSSR count). The van der Waals surface area contributed by atoms with Crippen molar-refractivity contribution < 1.29 is 22.7 Å². The third-order valence-electron chi connectivity index (χ3n) is 2.67. The van der Waals surface area contributed by atoms with Crippen LogP contribution in [0.25, 0.3) is 0 Å². The SMILES string of the molecule is CCS(=O)(=O)CCNC(=O)c1cc(F)ccc1C#CCO. The maximum absolute atomic E-state index is 13.2. The summed E-state index contributed by atoms with van der Waals surface area (Å²) in [7, 11) is -3.18. The van der Waals surface area contributed by atoms with Crippen LogP contribution >= 0.6 is 0 Å². The molecule has 0 fully saturated rings. The quantitative estimate of drug-likeness (QED) is 0.768. The van der Waals surface area contributed by atoms with Gasteiger partial charge in [0.05, 0.1) is 11.3 Å². The van der Waals surface area contributed by atoms with E-state index in [2.05, 4.69) is 17.2 Å². The third-order valence-corrected chi connectivity index (χ3v) is 4.37. The molecule has 7 heteroatoms. The number of amides is 1. The molecule has 21 heavy (non-hydrogen) atoms. The highest BCUT2D eigenvalue weighted by Gasteiger charge is 2.13. The number of hydrogen-bond donors (Lipinski definition) is 2. The Kier molecular flexibility index (Phi) is 6.34. The van der Waals surface area contributed by atoms with Crippen LogP contribution in [0.2, 0.25) is 0 Å². The average Bonchev–Trinajstić information content (AvgIpc) is 2.45. The lowest BCUT2D eigenvalue weighted by atomic mass is 10.1. The predicted molar refractivity (Wildman–Crippen MR) is 77.0 cm³/mol. The molecule has 2 N–H and O–H groups in total. The van der Waals surface area contributed by atoms with Gasteiger partial charge in [-0.25, -0.2) is 12.8 Å². The number of aliphatic hydroxyl groups excluding tert-OH is 1. The van der Waals surface area contributed by atoms with Crippen molar-refractivity contribution in [2.75, 3.05) is 24.7 Å². The Balaban J connectivity index is 2.84. The Morgan fingerprint density at radius 2 is 2.14 bits per heavy atom. The number of nitrogens with one attached hydrogen (secondary N) is 1. The zero-order chi connectivity index (χ0) is 15.9. The lowest BCUT2D eigenvalue weighted by Crippen LogP contribution is -2.30. The van der Waals surface area contributed by atoms with Gasteiger partial charge in [0.15, 0.2) is 9.84 Å². The van der Waals surface area contributed by atoms with Crippen molar-refractivity contribution in [1.29, 1.82) is 0 Å². The van der Waals surface area contributed by atoms with Gasteiger partial charge in [0.25, 0.3) is 5.91 Å². The molecule has 5 nitrogen and oxygen atoms in total. The number of carbonyl (C=O) groups excluding carboxylic acids is 1. The molecule has 0 bridgehead atoms. The minimum Gasteiger partial charge on any atom is -0.384 e. The normalized spacial score (nSPS) is 10.6. The van der Waals surface area contributed by atoms with Crippen LogP contribution in [0.4, 0.5) is 4.39 Å². The fourth-order valence-corrected chi connectivity index (χ4v) is 2.21. The van der Waals surface area contributed by atoms with Gasteiger partial charge in [-0.15, -0.1) is 0 Å². The van der Waals surface area contributed by atoms with E-state index in [1.54, 1.807) is 0 Å². The highest BCUT2D eigenvalue weighted by atomic mass is 32.2. The van der Waals surface area contributed by atoms with Gasteiger partial charge in [0, 0.05) is 17.9 Å². The van der Waals surface area contributed by atoms with Crippen molar-refractivity contribution in [2.24, 2.45) is 0 Å². The van der Waals surface area contributed by atoms with Crippen LogP contribution in [-0.2, 0) is 9.84 Å². The predicted octanol–water partition coefficient (Wildman–Crippen LogP) is 0.334. The third kappa shape index (κ3) is 5.53. The van der Waals surface area contributed by atoms with Crippen molar-refractivity contribution in [3.05, 3.63) is 35.1 Å². The van der Waals surface area contributed by atoms with Crippen LogP contribution in [0.5, 0.6) is 0 Å². The highest BCUT2D eigenvalue weighted by molar-refractivity contribution is 7.91. The summed E-state index contributed by atoms with van der Waals surface area (Å²) in [5.41, 5.74) is 0.270. The van der Waals surface area contributed by atoms with E-state index in [1.807, 2.05) is 0 Å². The zero-order valence-electron chi connectivity index (χ0n) is 11.5. The Morgan fingerprint density at radius 1 is 1.43 bits per heavy atom. The molecule has 0 aliphatic rings. The van der Waals surface area contributed by atoms with Crippen molar-refractivity contribution in [2.45, 2.75) is 6.92 Å². The van der Waals surface area contributed by atoms with Crippen LogP contribution < -0.4 is 5.32 Å².